The summed E-state index contributed by atoms with van der Waals surface area (Å²) in [6.07, 6.45) is 4.68. The highest BCUT2D eigenvalue weighted by Crippen LogP contribution is 2.40. The molecule has 0 aromatic carbocycles. The SMILES string of the molecule is CCC(C)(C)C1=CC(S)=C(C)[C@@H](C)C1. The first-order valence-electron chi connectivity index (χ1n) is 5.49. The van der Waals surface area contributed by atoms with Crippen LogP contribution in [0, 0.1) is 11.3 Å². The van der Waals surface area contributed by atoms with Crippen LogP contribution in [0.15, 0.2) is 22.1 Å². The number of hydrogen-bond donors (Lipinski definition) is 1. The largest absolute Gasteiger partial charge is 0.143 e. The van der Waals surface area contributed by atoms with Crippen LogP contribution in [0.3, 0.4) is 0 Å². The van der Waals surface area contributed by atoms with Gasteiger partial charge in [-0.15, -0.1) is 12.6 Å². The maximum absolute atomic E-state index is 4.55. The lowest BCUT2D eigenvalue weighted by Crippen LogP contribution is -2.18. The minimum atomic E-state index is 0.336. The Labute approximate surface area is 93.9 Å². The summed E-state index contributed by atoms with van der Waals surface area (Å²) in [5.41, 5.74) is 3.33. The summed E-state index contributed by atoms with van der Waals surface area (Å²) in [6, 6.07) is 0. The van der Waals surface area contributed by atoms with Crippen molar-refractivity contribution in [2.24, 2.45) is 11.3 Å². The summed E-state index contributed by atoms with van der Waals surface area (Å²) in [6.45, 7) is 11.4. The first-order valence-corrected chi connectivity index (χ1v) is 5.94. The Hall–Kier alpha value is -0.170. The Balaban J connectivity index is 3.00. The Kier molecular flexibility index (Phi) is 3.52. The zero-order chi connectivity index (χ0) is 10.9. The van der Waals surface area contributed by atoms with E-state index in [1.807, 2.05) is 0 Å². The lowest BCUT2D eigenvalue weighted by Gasteiger charge is -2.32. The quantitative estimate of drug-likeness (QED) is 0.633. The lowest BCUT2D eigenvalue weighted by molar-refractivity contribution is 0.396. The fourth-order valence-corrected chi connectivity index (χ4v) is 2.15. The standard InChI is InChI=1S/C13H22S/c1-6-13(4,5)11-7-9(2)10(3)12(14)8-11/h8-9,14H,6-7H2,1-5H3/t9-/m0/s1. The third-order valence-electron chi connectivity index (χ3n) is 3.73. The molecule has 1 atom stereocenters. The van der Waals surface area contributed by atoms with Crippen molar-refractivity contribution in [2.45, 2.75) is 47.5 Å². The fraction of sp³-hybridized carbons (Fsp3) is 0.692. The van der Waals surface area contributed by atoms with Crippen molar-refractivity contribution in [1.82, 2.24) is 0 Å². The molecule has 0 fully saturated rings. The van der Waals surface area contributed by atoms with Gasteiger partial charge in [0.15, 0.2) is 0 Å². The number of thiol groups is 1. The van der Waals surface area contributed by atoms with E-state index in [4.69, 9.17) is 0 Å². The van der Waals surface area contributed by atoms with E-state index >= 15 is 0 Å². The summed E-state index contributed by atoms with van der Waals surface area (Å²) in [4.78, 5) is 1.18. The van der Waals surface area contributed by atoms with Gasteiger partial charge in [-0.05, 0) is 37.2 Å². The first kappa shape index (κ1) is 11.9. The zero-order valence-electron chi connectivity index (χ0n) is 10.0. The van der Waals surface area contributed by atoms with E-state index in [1.54, 1.807) is 5.57 Å². The number of hydrogen-bond acceptors (Lipinski definition) is 1. The maximum Gasteiger partial charge on any atom is 0.00317 e. The molecule has 0 saturated carbocycles. The molecule has 0 heterocycles. The predicted molar refractivity (Wildman–Crippen MR) is 67.6 cm³/mol. The van der Waals surface area contributed by atoms with Crippen LogP contribution < -0.4 is 0 Å². The van der Waals surface area contributed by atoms with Crippen LogP contribution in [0.5, 0.6) is 0 Å². The normalized spacial score (nSPS) is 23.9. The summed E-state index contributed by atoms with van der Waals surface area (Å²) in [5, 5.41) is 0. The van der Waals surface area contributed by atoms with Crippen LogP contribution in [-0.2, 0) is 0 Å². The third-order valence-corrected chi connectivity index (χ3v) is 4.22. The summed E-state index contributed by atoms with van der Waals surface area (Å²) < 4.78 is 0. The van der Waals surface area contributed by atoms with Crippen molar-refractivity contribution >= 4 is 12.6 Å². The molecule has 1 aliphatic carbocycles. The molecule has 0 nitrogen and oxygen atoms in total. The van der Waals surface area contributed by atoms with E-state index in [0.717, 1.165) is 0 Å². The van der Waals surface area contributed by atoms with Gasteiger partial charge >= 0.3 is 0 Å². The van der Waals surface area contributed by atoms with E-state index in [1.165, 1.54) is 23.3 Å². The van der Waals surface area contributed by atoms with Gasteiger partial charge in [-0.25, -0.2) is 0 Å². The van der Waals surface area contributed by atoms with Crippen LogP contribution >= 0.6 is 12.6 Å². The van der Waals surface area contributed by atoms with Crippen LogP contribution in [0.1, 0.15) is 47.5 Å². The van der Waals surface area contributed by atoms with Crippen molar-refractivity contribution < 1.29 is 0 Å². The van der Waals surface area contributed by atoms with Gasteiger partial charge < -0.3 is 0 Å². The molecule has 0 saturated heterocycles. The molecule has 1 heteroatoms. The molecule has 0 amide bonds. The van der Waals surface area contributed by atoms with Gasteiger partial charge in [0.05, 0.1) is 0 Å². The van der Waals surface area contributed by atoms with Crippen molar-refractivity contribution in [1.29, 1.82) is 0 Å². The molecule has 0 aliphatic heterocycles. The minimum Gasteiger partial charge on any atom is -0.143 e. The zero-order valence-corrected chi connectivity index (χ0v) is 10.9. The molecule has 0 aromatic heterocycles. The Morgan fingerprint density at radius 2 is 2.07 bits per heavy atom. The summed E-state index contributed by atoms with van der Waals surface area (Å²) in [5.74, 6) is 0.660. The number of allylic oxidation sites excluding steroid dienone is 3. The average Bonchev–Trinajstić information content (AvgIpc) is 2.13. The molecule has 1 rings (SSSR count). The molecular formula is C13H22S. The molecule has 14 heavy (non-hydrogen) atoms. The van der Waals surface area contributed by atoms with Crippen LogP contribution in [0.2, 0.25) is 0 Å². The smallest absolute Gasteiger partial charge is 0.00317 e. The minimum absolute atomic E-state index is 0.336. The molecular weight excluding hydrogens is 188 g/mol. The van der Waals surface area contributed by atoms with Crippen LogP contribution in [-0.4, -0.2) is 0 Å². The summed E-state index contributed by atoms with van der Waals surface area (Å²) in [7, 11) is 0. The third kappa shape index (κ3) is 2.25. The van der Waals surface area contributed by atoms with Crippen LogP contribution in [0.25, 0.3) is 0 Å². The van der Waals surface area contributed by atoms with E-state index in [9.17, 15) is 0 Å². The fourth-order valence-electron chi connectivity index (χ4n) is 1.77. The molecule has 0 unspecified atom stereocenters. The molecule has 1 aliphatic rings. The average molecular weight is 210 g/mol. The number of rotatable bonds is 2. The highest BCUT2D eigenvalue weighted by molar-refractivity contribution is 7.84. The topological polar surface area (TPSA) is 0 Å². The maximum atomic E-state index is 4.55. The molecule has 0 bridgehead atoms. The molecule has 0 N–H and O–H groups in total. The van der Waals surface area contributed by atoms with Gasteiger partial charge in [0.2, 0.25) is 0 Å². The highest BCUT2D eigenvalue weighted by atomic mass is 32.1. The van der Waals surface area contributed by atoms with E-state index in [2.05, 4.69) is 53.3 Å². The van der Waals surface area contributed by atoms with Gasteiger partial charge in [0.25, 0.3) is 0 Å². The Morgan fingerprint density at radius 3 is 2.50 bits per heavy atom. The second-order valence-corrected chi connectivity index (χ2v) is 5.56. The van der Waals surface area contributed by atoms with Gasteiger partial charge in [0, 0.05) is 4.91 Å². The van der Waals surface area contributed by atoms with Gasteiger partial charge in [-0.1, -0.05) is 38.8 Å². The second-order valence-electron chi connectivity index (χ2n) is 5.08. The van der Waals surface area contributed by atoms with Crippen LogP contribution in [0.4, 0.5) is 0 Å². The first-order chi connectivity index (χ1) is 6.38. The van der Waals surface area contributed by atoms with Gasteiger partial charge in [0.1, 0.15) is 0 Å². The Bertz CT molecular complexity index is 282. The van der Waals surface area contributed by atoms with E-state index < -0.39 is 0 Å². The van der Waals surface area contributed by atoms with Gasteiger partial charge in [-0.3, -0.25) is 0 Å². The van der Waals surface area contributed by atoms with E-state index in [0.29, 0.717) is 11.3 Å². The highest BCUT2D eigenvalue weighted by Gasteiger charge is 2.26. The molecule has 80 valence electrons. The summed E-state index contributed by atoms with van der Waals surface area (Å²) >= 11 is 4.55. The van der Waals surface area contributed by atoms with Crippen molar-refractivity contribution in [3.63, 3.8) is 0 Å². The van der Waals surface area contributed by atoms with Crippen molar-refractivity contribution in [2.75, 3.05) is 0 Å². The van der Waals surface area contributed by atoms with Crippen molar-refractivity contribution in [3.05, 3.63) is 22.1 Å². The molecule has 0 radical (unpaired) electrons. The lowest BCUT2D eigenvalue weighted by atomic mass is 9.74. The molecule has 0 aromatic rings. The predicted octanol–water partition coefficient (Wildman–Crippen LogP) is 4.59. The monoisotopic (exact) mass is 210 g/mol. The molecule has 0 spiro atoms. The van der Waals surface area contributed by atoms with Crippen molar-refractivity contribution in [3.8, 4) is 0 Å². The Morgan fingerprint density at radius 1 is 1.50 bits per heavy atom. The second kappa shape index (κ2) is 4.14. The van der Waals surface area contributed by atoms with Gasteiger partial charge in [-0.2, -0.15) is 0 Å². The van der Waals surface area contributed by atoms with E-state index in [-0.39, 0.29) is 0 Å².